The Morgan fingerprint density at radius 2 is 2.00 bits per heavy atom. The maximum atomic E-state index is 13.0. The Kier molecular flexibility index (Phi) is 5.24. The average Bonchev–Trinajstić information content (AvgIpc) is 2.27. The van der Waals surface area contributed by atoms with Crippen LogP contribution in [0, 0.1) is 11.3 Å². The highest BCUT2D eigenvalue weighted by Crippen LogP contribution is 2.38. The summed E-state index contributed by atoms with van der Waals surface area (Å²) in [5, 5.41) is 8.62. The number of anilines is 1. The molecule has 1 aromatic rings. The molecule has 0 fully saturated rings. The standard InChI is InChI=1S/C13H14BrF3N2/c1-9(2)19(7-3-6-18)12-8-10(14)4-5-11(12)13(15,16)17/h4-5,8-9H,3,7H2,1-2H3. The van der Waals surface area contributed by atoms with Crippen molar-refractivity contribution in [1.29, 1.82) is 5.26 Å². The van der Waals surface area contributed by atoms with Crippen LogP contribution in [-0.4, -0.2) is 12.6 Å². The number of benzene rings is 1. The summed E-state index contributed by atoms with van der Waals surface area (Å²) in [6.45, 7) is 3.88. The minimum atomic E-state index is -4.41. The Balaban J connectivity index is 3.28. The van der Waals surface area contributed by atoms with Gasteiger partial charge in [0.25, 0.3) is 0 Å². The molecule has 0 radical (unpaired) electrons. The van der Waals surface area contributed by atoms with Crippen LogP contribution in [0.3, 0.4) is 0 Å². The fourth-order valence-electron chi connectivity index (χ4n) is 1.81. The van der Waals surface area contributed by atoms with Gasteiger partial charge in [-0.15, -0.1) is 0 Å². The first-order chi connectivity index (χ1) is 8.77. The lowest BCUT2D eigenvalue weighted by atomic mass is 10.1. The Bertz CT molecular complexity index is 478. The van der Waals surface area contributed by atoms with Crippen LogP contribution < -0.4 is 4.90 Å². The Morgan fingerprint density at radius 3 is 2.47 bits per heavy atom. The predicted octanol–water partition coefficient (Wildman–Crippen LogP) is 4.60. The molecular formula is C13H14BrF3N2. The molecule has 0 spiro atoms. The number of rotatable bonds is 4. The lowest BCUT2D eigenvalue weighted by Crippen LogP contribution is -2.33. The van der Waals surface area contributed by atoms with E-state index in [2.05, 4.69) is 15.9 Å². The van der Waals surface area contributed by atoms with Crippen molar-refractivity contribution in [2.75, 3.05) is 11.4 Å². The van der Waals surface area contributed by atoms with E-state index in [1.165, 1.54) is 12.1 Å². The van der Waals surface area contributed by atoms with E-state index in [-0.39, 0.29) is 24.7 Å². The van der Waals surface area contributed by atoms with Crippen LogP contribution in [0.1, 0.15) is 25.8 Å². The van der Waals surface area contributed by atoms with Crippen molar-refractivity contribution in [3.63, 3.8) is 0 Å². The van der Waals surface area contributed by atoms with Crippen LogP contribution in [0.4, 0.5) is 18.9 Å². The Labute approximate surface area is 119 Å². The Hall–Kier alpha value is -1.22. The molecule has 1 rings (SSSR count). The molecular weight excluding hydrogens is 321 g/mol. The van der Waals surface area contributed by atoms with E-state index in [0.29, 0.717) is 4.47 Å². The number of nitriles is 1. The highest BCUT2D eigenvalue weighted by molar-refractivity contribution is 9.10. The van der Waals surface area contributed by atoms with Crippen LogP contribution in [0.15, 0.2) is 22.7 Å². The molecule has 2 nitrogen and oxygen atoms in total. The molecule has 0 bridgehead atoms. The van der Waals surface area contributed by atoms with E-state index >= 15 is 0 Å². The third-order valence-corrected chi connectivity index (χ3v) is 3.16. The van der Waals surface area contributed by atoms with Crippen molar-refractivity contribution in [2.24, 2.45) is 0 Å². The number of hydrogen-bond donors (Lipinski definition) is 0. The topological polar surface area (TPSA) is 27.0 Å². The van der Waals surface area contributed by atoms with Crippen molar-refractivity contribution < 1.29 is 13.2 Å². The first-order valence-corrected chi connectivity index (χ1v) is 6.57. The van der Waals surface area contributed by atoms with E-state index in [1.54, 1.807) is 18.7 Å². The van der Waals surface area contributed by atoms with Crippen LogP contribution in [0.25, 0.3) is 0 Å². The summed E-state index contributed by atoms with van der Waals surface area (Å²) < 4.78 is 39.6. The lowest BCUT2D eigenvalue weighted by molar-refractivity contribution is -0.137. The summed E-state index contributed by atoms with van der Waals surface area (Å²) in [6.07, 6.45) is -4.22. The van der Waals surface area contributed by atoms with Crippen LogP contribution in [0.2, 0.25) is 0 Å². The van der Waals surface area contributed by atoms with Gasteiger partial charge in [-0.2, -0.15) is 18.4 Å². The fraction of sp³-hybridized carbons (Fsp3) is 0.462. The molecule has 0 aromatic heterocycles. The number of hydrogen-bond acceptors (Lipinski definition) is 2. The lowest BCUT2D eigenvalue weighted by Gasteiger charge is -2.31. The largest absolute Gasteiger partial charge is 0.418 e. The first-order valence-electron chi connectivity index (χ1n) is 5.77. The van der Waals surface area contributed by atoms with Gasteiger partial charge in [-0.1, -0.05) is 15.9 Å². The first kappa shape index (κ1) is 15.8. The number of alkyl halides is 3. The van der Waals surface area contributed by atoms with Crippen molar-refractivity contribution in [2.45, 2.75) is 32.5 Å². The molecule has 0 saturated heterocycles. The molecule has 19 heavy (non-hydrogen) atoms. The molecule has 0 atom stereocenters. The van der Waals surface area contributed by atoms with Gasteiger partial charge in [0.2, 0.25) is 0 Å². The normalized spacial score (nSPS) is 11.5. The zero-order valence-electron chi connectivity index (χ0n) is 10.6. The molecule has 0 aliphatic heterocycles. The zero-order chi connectivity index (χ0) is 14.6. The molecule has 0 heterocycles. The second kappa shape index (κ2) is 6.29. The van der Waals surface area contributed by atoms with Crippen molar-refractivity contribution in [3.8, 4) is 6.07 Å². The summed E-state index contributed by atoms with van der Waals surface area (Å²) in [5.41, 5.74) is -0.575. The molecule has 0 unspecified atom stereocenters. The van der Waals surface area contributed by atoms with Gasteiger partial charge in [0.15, 0.2) is 0 Å². The molecule has 1 aromatic carbocycles. The minimum Gasteiger partial charge on any atom is -0.368 e. The van der Waals surface area contributed by atoms with Gasteiger partial charge in [0, 0.05) is 17.1 Å². The van der Waals surface area contributed by atoms with E-state index < -0.39 is 11.7 Å². The predicted molar refractivity (Wildman–Crippen MR) is 71.9 cm³/mol. The van der Waals surface area contributed by atoms with E-state index in [1.807, 2.05) is 6.07 Å². The summed E-state index contributed by atoms with van der Waals surface area (Å²) in [4.78, 5) is 1.59. The van der Waals surface area contributed by atoms with Gasteiger partial charge in [0.1, 0.15) is 0 Å². The maximum Gasteiger partial charge on any atom is 0.418 e. The van der Waals surface area contributed by atoms with Crippen LogP contribution in [0.5, 0.6) is 0 Å². The van der Waals surface area contributed by atoms with Gasteiger partial charge in [-0.05, 0) is 32.0 Å². The molecule has 0 aliphatic rings. The zero-order valence-corrected chi connectivity index (χ0v) is 12.2. The molecule has 0 saturated carbocycles. The maximum absolute atomic E-state index is 13.0. The van der Waals surface area contributed by atoms with Crippen LogP contribution >= 0.6 is 15.9 Å². The average molecular weight is 335 g/mol. The van der Waals surface area contributed by atoms with Crippen molar-refractivity contribution >= 4 is 21.6 Å². The second-order valence-electron chi connectivity index (χ2n) is 4.35. The van der Waals surface area contributed by atoms with Gasteiger partial charge >= 0.3 is 6.18 Å². The van der Waals surface area contributed by atoms with Gasteiger partial charge in [-0.25, -0.2) is 0 Å². The smallest absolute Gasteiger partial charge is 0.368 e. The highest BCUT2D eigenvalue weighted by Gasteiger charge is 2.35. The summed E-state index contributed by atoms with van der Waals surface area (Å²) in [6, 6.07) is 5.71. The van der Waals surface area contributed by atoms with Gasteiger partial charge < -0.3 is 4.90 Å². The van der Waals surface area contributed by atoms with Crippen LogP contribution in [-0.2, 0) is 6.18 Å². The van der Waals surface area contributed by atoms with E-state index in [4.69, 9.17) is 5.26 Å². The monoisotopic (exact) mass is 334 g/mol. The second-order valence-corrected chi connectivity index (χ2v) is 5.27. The number of halogens is 4. The molecule has 0 aliphatic carbocycles. The van der Waals surface area contributed by atoms with Crippen molar-refractivity contribution in [3.05, 3.63) is 28.2 Å². The fourth-order valence-corrected chi connectivity index (χ4v) is 2.16. The quantitative estimate of drug-likeness (QED) is 0.804. The summed E-state index contributed by atoms with van der Waals surface area (Å²) >= 11 is 3.19. The third-order valence-electron chi connectivity index (χ3n) is 2.66. The van der Waals surface area contributed by atoms with E-state index in [9.17, 15) is 13.2 Å². The van der Waals surface area contributed by atoms with Crippen molar-refractivity contribution in [1.82, 2.24) is 0 Å². The van der Waals surface area contributed by atoms with E-state index in [0.717, 1.165) is 6.07 Å². The molecule has 0 N–H and O–H groups in total. The molecule has 104 valence electrons. The highest BCUT2D eigenvalue weighted by atomic mass is 79.9. The molecule has 0 amide bonds. The molecule has 6 heteroatoms. The SMILES string of the molecule is CC(C)N(CCC#N)c1cc(Br)ccc1C(F)(F)F. The Morgan fingerprint density at radius 1 is 1.37 bits per heavy atom. The summed E-state index contributed by atoms with van der Waals surface area (Å²) in [7, 11) is 0. The van der Waals surface area contributed by atoms with Gasteiger partial charge in [0.05, 0.1) is 23.7 Å². The summed E-state index contributed by atoms with van der Waals surface area (Å²) in [5.74, 6) is 0. The number of nitrogens with zero attached hydrogens (tertiary/aromatic N) is 2. The van der Waals surface area contributed by atoms with Gasteiger partial charge in [-0.3, -0.25) is 0 Å². The third kappa shape index (κ3) is 4.13. The minimum absolute atomic E-state index is 0.104.